The van der Waals surface area contributed by atoms with Gasteiger partial charge in [-0.1, -0.05) is 37.3 Å². The number of aromatic nitrogens is 2. The minimum atomic E-state index is -0.658. The Morgan fingerprint density at radius 3 is 2.42 bits per heavy atom. The summed E-state index contributed by atoms with van der Waals surface area (Å²) in [5.41, 5.74) is 0.0383. The topological polar surface area (TPSA) is 111 Å². The summed E-state index contributed by atoms with van der Waals surface area (Å²) in [5.74, 6) is -0.278. The lowest BCUT2D eigenvalue weighted by Gasteiger charge is -2.33. The van der Waals surface area contributed by atoms with Crippen molar-refractivity contribution in [3.8, 4) is 5.88 Å². The van der Waals surface area contributed by atoms with Gasteiger partial charge in [-0.2, -0.15) is 0 Å². The van der Waals surface area contributed by atoms with Crippen LogP contribution in [0.1, 0.15) is 31.4 Å². The van der Waals surface area contributed by atoms with E-state index in [4.69, 9.17) is 0 Å². The SMILES string of the molecule is CCC(=NCCN1CCN(C(C)=O)CC1)c1c(O)n(Cc2ccccc2)c(=O)[nH]c1=O. The number of aromatic amines is 1. The molecule has 1 fully saturated rings. The number of aromatic hydroxyl groups is 1. The van der Waals surface area contributed by atoms with Gasteiger partial charge in [0.2, 0.25) is 11.8 Å². The molecule has 0 saturated carbocycles. The summed E-state index contributed by atoms with van der Waals surface area (Å²) in [6, 6.07) is 9.25. The van der Waals surface area contributed by atoms with E-state index in [0.717, 1.165) is 23.2 Å². The molecule has 9 nitrogen and oxygen atoms in total. The Hall–Kier alpha value is -3.20. The zero-order valence-corrected chi connectivity index (χ0v) is 18.0. The molecule has 0 atom stereocenters. The van der Waals surface area contributed by atoms with Gasteiger partial charge in [-0.25, -0.2) is 4.79 Å². The van der Waals surface area contributed by atoms with Crippen LogP contribution in [0.2, 0.25) is 0 Å². The molecule has 0 radical (unpaired) electrons. The minimum absolute atomic E-state index is 0.0411. The molecule has 0 unspecified atom stereocenters. The summed E-state index contributed by atoms with van der Waals surface area (Å²) >= 11 is 0. The van der Waals surface area contributed by atoms with Crippen molar-refractivity contribution in [1.29, 1.82) is 0 Å². The number of hydrogen-bond acceptors (Lipinski definition) is 6. The van der Waals surface area contributed by atoms with Crippen LogP contribution in [0.5, 0.6) is 5.88 Å². The fraction of sp³-hybridized carbons (Fsp3) is 0.455. The van der Waals surface area contributed by atoms with Crippen LogP contribution >= 0.6 is 0 Å². The summed E-state index contributed by atoms with van der Waals surface area (Å²) < 4.78 is 1.15. The molecule has 1 amide bonds. The highest BCUT2D eigenvalue weighted by Gasteiger charge is 2.20. The zero-order chi connectivity index (χ0) is 22.4. The van der Waals surface area contributed by atoms with Crippen LogP contribution in [0.4, 0.5) is 0 Å². The molecule has 3 rings (SSSR count). The molecule has 9 heteroatoms. The molecule has 0 aliphatic carbocycles. The number of nitrogens with zero attached hydrogens (tertiary/aromatic N) is 4. The molecule has 0 spiro atoms. The van der Waals surface area contributed by atoms with Gasteiger partial charge in [-0.05, 0) is 12.0 Å². The quantitative estimate of drug-likeness (QED) is 0.631. The Morgan fingerprint density at radius 1 is 1.13 bits per heavy atom. The number of carbonyl (C=O) groups excluding carboxylic acids is 1. The summed E-state index contributed by atoms with van der Waals surface area (Å²) in [7, 11) is 0. The van der Waals surface area contributed by atoms with Gasteiger partial charge in [0.25, 0.3) is 5.56 Å². The second kappa shape index (κ2) is 10.2. The maximum atomic E-state index is 12.5. The Labute approximate surface area is 180 Å². The van der Waals surface area contributed by atoms with E-state index < -0.39 is 11.2 Å². The number of carbonyl (C=O) groups is 1. The predicted molar refractivity (Wildman–Crippen MR) is 119 cm³/mol. The number of benzene rings is 1. The van der Waals surface area contributed by atoms with Crippen molar-refractivity contribution in [2.24, 2.45) is 4.99 Å². The second-order valence-corrected chi connectivity index (χ2v) is 7.56. The first-order valence-electron chi connectivity index (χ1n) is 10.5. The Morgan fingerprint density at radius 2 is 1.81 bits per heavy atom. The summed E-state index contributed by atoms with van der Waals surface area (Å²) in [6.07, 6.45) is 0.443. The van der Waals surface area contributed by atoms with Crippen LogP contribution in [0.3, 0.4) is 0 Å². The first kappa shape index (κ1) is 22.5. The van der Waals surface area contributed by atoms with Gasteiger partial charge < -0.3 is 10.0 Å². The molecule has 2 N–H and O–H groups in total. The van der Waals surface area contributed by atoms with Gasteiger partial charge in [0.15, 0.2) is 0 Å². The standard InChI is InChI=1S/C22H29N5O4/c1-3-18(23-9-10-25-11-13-26(14-12-25)16(2)28)19-20(29)24-22(31)27(21(19)30)15-17-7-5-4-6-8-17/h4-8,30H,3,9-15H2,1-2H3,(H,24,29,31). The monoisotopic (exact) mass is 427 g/mol. The van der Waals surface area contributed by atoms with E-state index in [-0.39, 0.29) is 23.9 Å². The number of H-pyrrole nitrogens is 1. The lowest BCUT2D eigenvalue weighted by molar-refractivity contribution is -0.130. The normalized spacial score (nSPS) is 15.3. The average Bonchev–Trinajstić information content (AvgIpc) is 2.76. The van der Waals surface area contributed by atoms with E-state index in [0.29, 0.717) is 38.3 Å². The van der Waals surface area contributed by atoms with E-state index in [9.17, 15) is 19.5 Å². The fourth-order valence-electron chi connectivity index (χ4n) is 3.71. The van der Waals surface area contributed by atoms with E-state index in [1.165, 1.54) is 0 Å². The Kier molecular flexibility index (Phi) is 7.41. The van der Waals surface area contributed by atoms with Gasteiger partial charge >= 0.3 is 5.69 Å². The maximum absolute atomic E-state index is 12.5. The highest BCUT2D eigenvalue weighted by Crippen LogP contribution is 2.15. The van der Waals surface area contributed by atoms with Crippen molar-refractivity contribution in [1.82, 2.24) is 19.4 Å². The molecule has 2 heterocycles. The van der Waals surface area contributed by atoms with Crippen LogP contribution in [0.25, 0.3) is 0 Å². The molecule has 1 saturated heterocycles. The molecular weight excluding hydrogens is 398 g/mol. The average molecular weight is 428 g/mol. The summed E-state index contributed by atoms with van der Waals surface area (Å²) in [5, 5.41) is 10.8. The molecule has 0 bridgehead atoms. The molecule has 1 aliphatic heterocycles. The van der Waals surface area contributed by atoms with Crippen molar-refractivity contribution in [2.45, 2.75) is 26.8 Å². The Bertz CT molecular complexity index is 1050. The molecule has 1 aliphatic rings. The number of hydrogen-bond donors (Lipinski definition) is 2. The van der Waals surface area contributed by atoms with Crippen molar-refractivity contribution < 1.29 is 9.90 Å². The zero-order valence-electron chi connectivity index (χ0n) is 18.0. The van der Waals surface area contributed by atoms with Gasteiger partial charge in [0.05, 0.1) is 18.8 Å². The molecule has 1 aromatic heterocycles. The van der Waals surface area contributed by atoms with Crippen LogP contribution in [-0.2, 0) is 11.3 Å². The number of rotatable bonds is 7. The van der Waals surface area contributed by atoms with E-state index in [1.807, 2.05) is 42.2 Å². The molecule has 166 valence electrons. The van der Waals surface area contributed by atoms with Crippen molar-refractivity contribution >= 4 is 11.6 Å². The minimum Gasteiger partial charge on any atom is -0.494 e. The van der Waals surface area contributed by atoms with Crippen molar-refractivity contribution in [3.05, 3.63) is 62.3 Å². The molecule has 1 aromatic carbocycles. The molecular formula is C22H29N5O4. The Balaban J connectivity index is 1.76. The third kappa shape index (κ3) is 5.49. The molecule has 31 heavy (non-hydrogen) atoms. The van der Waals surface area contributed by atoms with Crippen LogP contribution in [0.15, 0.2) is 44.9 Å². The molecule has 2 aromatic rings. The fourth-order valence-corrected chi connectivity index (χ4v) is 3.71. The van der Waals surface area contributed by atoms with Crippen LogP contribution in [0, 0.1) is 0 Å². The third-order valence-corrected chi connectivity index (χ3v) is 5.52. The van der Waals surface area contributed by atoms with Crippen molar-refractivity contribution in [3.63, 3.8) is 0 Å². The van der Waals surface area contributed by atoms with Crippen LogP contribution < -0.4 is 11.2 Å². The van der Waals surface area contributed by atoms with Gasteiger partial charge in [-0.3, -0.25) is 29.0 Å². The van der Waals surface area contributed by atoms with E-state index in [2.05, 4.69) is 14.9 Å². The first-order valence-corrected chi connectivity index (χ1v) is 10.5. The maximum Gasteiger partial charge on any atom is 0.331 e. The van der Waals surface area contributed by atoms with Crippen LogP contribution in [-0.4, -0.2) is 75.3 Å². The van der Waals surface area contributed by atoms with Gasteiger partial charge in [0.1, 0.15) is 5.56 Å². The number of aliphatic imine (C=N–C) groups is 1. The largest absolute Gasteiger partial charge is 0.494 e. The highest BCUT2D eigenvalue weighted by atomic mass is 16.3. The van der Waals surface area contributed by atoms with Gasteiger partial charge in [0, 0.05) is 39.6 Å². The second-order valence-electron chi connectivity index (χ2n) is 7.56. The van der Waals surface area contributed by atoms with Crippen molar-refractivity contribution in [2.75, 3.05) is 39.3 Å². The smallest absolute Gasteiger partial charge is 0.331 e. The van der Waals surface area contributed by atoms with E-state index >= 15 is 0 Å². The van der Waals surface area contributed by atoms with E-state index in [1.54, 1.807) is 6.92 Å². The summed E-state index contributed by atoms with van der Waals surface area (Å²) in [4.78, 5) is 47.1. The van der Waals surface area contributed by atoms with Gasteiger partial charge in [-0.15, -0.1) is 0 Å². The lowest BCUT2D eigenvalue weighted by Crippen LogP contribution is -2.48. The first-order chi connectivity index (χ1) is 14.9. The number of amides is 1. The third-order valence-electron chi connectivity index (χ3n) is 5.52. The lowest BCUT2D eigenvalue weighted by atomic mass is 10.1. The predicted octanol–water partition coefficient (Wildman–Crippen LogP) is 0.654. The number of piperazine rings is 1. The number of nitrogens with one attached hydrogen (secondary N) is 1. The summed E-state index contributed by atoms with van der Waals surface area (Å²) in [6.45, 7) is 7.69. The highest BCUT2D eigenvalue weighted by molar-refractivity contribution is 6.01.